The van der Waals surface area contributed by atoms with Gasteiger partial charge in [-0.1, -0.05) is 30.3 Å². The molecule has 1 aromatic carbocycles. The average Bonchev–Trinajstić information content (AvgIpc) is 3.43. The maximum atomic E-state index is 14.1. The number of carbonyl (C=O) groups is 4. The number of rotatable bonds is 3. The smallest absolute Gasteiger partial charge is 0.255 e. The lowest BCUT2D eigenvalue weighted by molar-refractivity contribution is -0.145. The fraction of sp³-hybridized carbons (Fsp3) is 0.500. The van der Waals surface area contributed by atoms with Gasteiger partial charge in [0.1, 0.15) is 12.1 Å². The molecule has 4 amide bonds. The molecule has 3 aliphatic rings. The van der Waals surface area contributed by atoms with Crippen molar-refractivity contribution in [2.45, 2.75) is 57.2 Å². The number of likely N-dealkylation sites (tertiary alicyclic amines) is 1. The molecule has 196 valence electrons. The summed E-state index contributed by atoms with van der Waals surface area (Å²) >= 11 is 0. The van der Waals surface area contributed by atoms with Crippen molar-refractivity contribution >= 4 is 23.6 Å². The van der Waals surface area contributed by atoms with Crippen LogP contribution in [0.1, 0.15) is 48.5 Å². The van der Waals surface area contributed by atoms with E-state index in [9.17, 15) is 19.2 Å². The third-order valence-corrected chi connectivity index (χ3v) is 7.96. The Kier molecular flexibility index (Phi) is 7.30. The minimum Gasteiger partial charge on any atom is -0.367 e. The molecule has 0 saturated carbocycles. The van der Waals surface area contributed by atoms with Crippen molar-refractivity contribution in [1.29, 1.82) is 0 Å². The highest BCUT2D eigenvalue weighted by molar-refractivity contribution is 5.94. The predicted molar refractivity (Wildman–Crippen MR) is 137 cm³/mol. The van der Waals surface area contributed by atoms with Crippen LogP contribution in [0.25, 0.3) is 0 Å². The van der Waals surface area contributed by atoms with Gasteiger partial charge in [0.2, 0.25) is 17.7 Å². The molecule has 1 aromatic heterocycles. The Morgan fingerprint density at radius 2 is 1.84 bits per heavy atom. The lowest BCUT2D eigenvalue weighted by Crippen LogP contribution is -2.63. The van der Waals surface area contributed by atoms with E-state index >= 15 is 0 Å². The summed E-state index contributed by atoms with van der Waals surface area (Å²) in [5, 5.41) is 5.70. The number of amides is 4. The summed E-state index contributed by atoms with van der Waals surface area (Å²) in [5.74, 6) is -0.308. The molecule has 4 heterocycles. The first-order valence-corrected chi connectivity index (χ1v) is 13.2. The van der Waals surface area contributed by atoms with Gasteiger partial charge in [0.15, 0.2) is 0 Å². The monoisotopic (exact) mass is 505 g/mol. The van der Waals surface area contributed by atoms with Crippen LogP contribution < -0.4 is 10.6 Å². The Morgan fingerprint density at radius 3 is 2.59 bits per heavy atom. The molecule has 3 aliphatic heterocycles. The summed E-state index contributed by atoms with van der Waals surface area (Å²) in [5.41, 5.74) is 1.60. The fourth-order valence-electron chi connectivity index (χ4n) is 6.17. The van der Waals surface area contributed by atoms with E-state index in [2.05, 4.69) is 15.6 Å². The third-order valence-electron chi connectivity index (χ3n) is 7.96. The second-order valence-electron chi connectivity index (χ2n) is 10.7. The summed E-state index contributed by atoms with van der Waals surface area (Å²) in [6.07, 6.45) is 6.39. The fourth-order valence-corrected chi connectivity index (χ4v) is 6.17. The lowest BCUT2D eigenvalue weighted by atomic mass is 9.77. The van der Waals surface area contributed by atoms with Gasteiger partial charge in [0.05, 0.1) is 5.56 Å². The molecule has 2 aromatic rings. The first-order valence-electron chi connectivity index (χ1n) is 13.2. The van der Waals surface area contributed by atoms with Gasteiger partial charge in [-0.05, 0) is 49.7 Å². The summed E-state index contributed by atoms with van der Waals surface area (Å²) < 4.78 is 0. The topological polar surface area (TPSA) is 115 Å². The number of aromatic nitrogens is 1. The van der Waals surface area contributed by atoms with Gasteiger partial charge in [-0.2, -0.15) is 0 Å². The summed E-state index contributed by atoms with van der Waals surface area (Å²) in [6, 6.07) is 9.91. The second kappa shape index (κ2) is 10.8. The Balaban J connectivity index is 1.42. The van der Waals surface area contributed by atoms with Crippen molar-refractivity contribution in [1.82, 2.24) is 25.4 Å². The van der Waals surface area contributed by atoms with Gasteiger partial charge in [0.25, 0.3) is 5.91 Å². The molecule has 3 saturated heterocycles. The predicted octanol–water partition coefficient (Wildman–Crippen LogP) is 1.72. The number of piperidine rings is 2. The Hall–Kier alpha value is -3.62. The van der Waals surface area contributed by atoms with E-state index in [4.69, 9.17) is 0 Å². The van der Waals surface area contributed by atoms with E-state index in [1.165, 1.54) is 0 Å². The quantitative estimate of drug-likeness (QED) is 0.589. The van der Waals surface area contributed by atoms with Crippen LogP contribution in [0.5, 0.6) is 0 Å². The molecule has 0 unspecified atom stereocenters. The van der Waals surface area contributed by atoms with Crippen LogP contribution in [-0.4, -0.2) is 76.2 Å². The van der Waals surface area contributed by atoms with E-state index in [-0.39, 0.29) is 41.5 Å². The molecule has 3 fully saturated rings. The van der Waals surface area contributed by atoms with Crippen LogP contribution >= 0.6 is 0 Å². The summed E-state index contributed by atoms with van der Waals surface area (Å²) in [6.45, 7) is 3.37. The molecule has 0 spiro atoms. The summed E-state index contributed by atoms with van der Waals surface area (Å²) in [7, 11) is 0. The highest BCUT2D eigenvalue weighted by atomic mass is 16.2. The number of carbonyl (C=O) groups excluding carboxylic acids is 4. The number of hydrogen-bond acceptors (Lipinski definition) is 4. The van der Waals surface area contributed by atoms with Gasteiger partial charge >= 0.3 is 0 Å². The molecule has 5 rings (SSSR count). The van der Waals surface area contributed by atoms with Gasteiger partial charge in [-0.3, -0.25) is 19.2 Å². The largest absolute Gasteiger partial charge is 0.367 e. The molecule has 2 bridgehead atoms. The molecule has 37 heavy (non-hydrogen) atoms. The number of aromatic amines is 1. The van der Waals surface area contributed by atoms with E-state index in [0.29, 0.717) is 50.9 Å². The van der Waals surface area contributed by atoms with Gasteiger partial charge in [-0.25, -0.2) is 0 Å². The van der Waals surface area contributed by atoms with Crippen LogP contribution in [0.4, 0.5) is 0 Å². The maximum absolute atomic E-state index is 14.1. The molecule has 3 N–H and O–H groups in total. The number of benzene rings is 1. The van der Waals surface area contributed by atoms with Crippen LogP contribution in [-0.2, 0) is 20.8 Å². The zero-order valence-corrected chi connectivity index (χ0v) is 21.2. The Labute approximate surface area is 217 Å². The van der Waals surface area contributed by atoms with E-state index < -0.39 is 12.1 Å². The number of hydrogen-bond donors (Lipinski definition) is 3. The Morgan fingerprint density at radius 1 is 1.03 bits per heavy atom. The van der Waals surface area contributed by atoms with Gasteiger partial charge in [0, 0.05) is 50.9 Å². The molecular weight excluding hydrogens is 470 g/mol. The van der Waals surface area contributed by atoms with Crippen LogP contribution in [0.3, 0.4) is 0 Å². The first-order chi connectivity index (χ1) is 17.9. The van der Waals surface area contributed by atoms with Gasteiger partial charge in [-0.15, -0.1) is 0 Å². The molecular formula is C28H35N5O4. The number of fused-ring (bicyclic) bond motifs is 4. The van der Waals surface area contributed by atoms with Crippen molar-refractivity contribution in [3.63, 3.8) is 0 Å². The molecule has 9 heteroatoms. The Bertz CT molecular complexity index is 1130. The second-order valence-corrected chi connectivity index (χ2v) is 10.7. The van der Waals surface area contributed by atoms with Crippen molar-refractivity contribution in [3.05, 3.63) is 59.9 Å². The zero-order valence-electron chi connectivity index (χ0n) is 21.2. The standard InChI is InChI=1S/C28H35N5O4/c1-18-26(35)31-23(13-19-6-3-2-4-7-19)28(37)33-16-20-12-22(24(33)8-5-9-25(34)30-18)17-32(15-20)27(36)21-10-11-29-14-21/h2-4,6-7,10-11,14,18,20,22-24,29H,5,8-9,12-13,15-17H2,1H3,(H,30,34)(H,31,35)/t18-,20+,22-,23+,24+/m1/s1. The molecule has 0 aliphatic carbocycles. The number of nitrogens with one attached hydrogen (secondary N) is 3. The highest BCUT2D eigenvalue weighted by Crippen LogP contribution is 2.36. The van der Waals surface area contributed by atoms with Gasteiger partial charge < -0.3 is 25.4 Å². The lowest BCUT2D eigenvalue weighted by Gasteiger charge is -2.51. The van der Waals surface area contributed by atoms with Crippen molar-refractivity contribution in [2.24, 2.45) is 11.8 Å². The number of H-pyrrole nitrogens is 1. The minimum absolute atomic E-state index is 0.00598. The number of nitrogens with zero attached hydrogens (tertiary/aromatic N) is 2. The van der Waals surface area contributed by atoms with Crippen molar-refractivity contribution < 1.29 is 19.2 Å². The van der Waals surface area contributed by atoms with Crippen LogP contribution in [0.2, 0.25) is 0 Å². The van der Waals surface area contributed by atoms with E-state index in [1.807, 2.05) is 40.1 Å². The first kappa shape index (κ1) is 25.0. The van der Waals surface area contributed by atoms with Crippen molar-refractivity contribution in [3.8, 4) is 0 Å². The minimum atomic E-state index is -0.729. The molecule has 9 nitrogen and oxygen atoms in total. The highest BCUT2D eigenvalue weighted by Gasteiger charge is 2.45. The van der Waals surface area contributed by atoms with Crippen LogP contribution in [0, 0.1) is 11.8 Å². The molecule has 0 radical (unpaired) electrons. The van der Waals surface area contributed by atoms with Crippen molar-refractivity contribution in [2.75, 3.05) is 19.6 Å². The molecule has 5 atom stereocenters. The normalized spacial score (nSPS) is 28.9. The summed E-state index contributed by atoms with van der Waals surface area (Å²) in [4.78, 5) is 59.5. The van der Waals surface area contributed by atoms with Crippen LogP contribution in [0.15, 0.2) is 48.8 Å². The van der Waals surface area contributed by atoms with E-state index in [0.717, 1.165) is 12.0 Å². The van der Waals surface area contributed by atoms with E-state index in [1.54, 1.807) is 25.4 Å². The zero-order chi connectivity index (χ0) is 25.9. The SMILES string of the molecule is C[C@H]1NC(=O)CCC[C@H]2[C@@H]3C[C@@H](CN(C(=O)c4cc[nH]c4)C3)CN2C(=O)[C@H](Cc2ccccc2)NC1=O. The third kappa shape index (κ3) is 5.55. The average molecular weight is 506 g/mol. The maximum Gasteiger partial charge on any atom is 0.255 e.